The lowest BCUT2D eigenvalue weighted by Crippen LogP contribution is -2.51. The molecule has 5 heteroatoms. The van der Waals surface area contributed by atoms with Gasteiger partial charge in [-0.15, -0.1) is 0 Å². The molecule has 2 N–H and O–H groups in total. The number of amides is 1. The Morgan fingerprint density at radius 3 is 2.75 bits per heavy atom. The number of halogens is 1. The van der Waals surface area contributed by atoms with Crippen molar-refractivity contribution in [3.8, 4) is 0 Å². The number of benzene rings is 1. The summed E-state index contributed by atoms with van der Waals surface area (Å²) in [5, 5.41) is 4.97. The number of nitrogens with zero attached hydrogens (tertiary/aromatic N) is 1. The third kappa shape index (κ3) is 2.67. The Morgan fingerprint density at radius 1 is 1.25 bits per heavy atom. The lowest BCUT2D eigenvalue weighted by atomic mass is 9.71. The first-order chi connectivity index (χ1) is 11.7. The third-order valence-corrected chi connectivity index (χ3v) is 5.12. The lowest BCUT2D eigenvalue weighted by Gasteiger charge is -2.43. The number of aromatic amines is 1. The molecule has 24 heavy (non-hydrogen) atoms. The Labute approximate surface area is 145 Å². The first kappa shape index (κ1) is 15.2. The average Bonchev–Trinajstić information content (AvgIpc) is 2.95. The SMILES string of the molecule is O=C(Cc1c[nH]c2ncccc12)NC1(c2ccc(Cl)cc2)CCC1. The highest BCUT2D eigenvalue weighted by Gasteiger charge is 2.39. The van der Waals surface area contributed by atoms with Crippen LogP contribution in [0.5, 0.6) is 0 Å². The zero-order valence-electron chi connectivity index (χ0n) is 13.2. The van der Waals surface area contributed by atoms with Gasteiger partial charge in [-0.1, -0.05) is 23.7 Å². The molecule has 0 radical (unpaired) electrons. The maximum Gasteiger partial charge on any atom is 0.225 e. The predicted molar refractivity (Wildman–Crippen MR) is 94.9 cm³/mol. The van der Waals surface area contributed by atoms with Crippen molar-refractivity contribution in [1.82, 2.24) is 15.3 Å². The van der Waals surface area contributed by atoms with E-state index in [1.165, 1.54) is 0 Å². The Kier molecular flexibility index (Phi) is 3.77. The molecule has 4 rings (SSSR count). The van der Waals surface area contributed by atoms with Gasteiger partial charge in [-0.2, -0.15) is 0 Å². The van der Waals surface area contributed by atoms with Gasteiger partial charge in [0, 0.05) is 22.8 Å². The molecular weight excluding hydrogens is 322 g/mol. The molecule has 4 nitrogen and oxygen atoms in total. The Bertz CT molecular complexity index is 881. The summed E-state index contributed by atoms with van der Waals surface area (Å²) in [6.07, 6.45) is 7.02. The van der Waals surface area contributed by atoms with Crippen LogP contribution in [0.4, 0.5) is 0 Å². The van der Waals surface area contributed by atoms with Crippen molar-refractivity contribution in [2.75, 3.05) is 0 Å². The van der Waals surface area contributed by atoms with Gasteiger partial charge in [0.15, 0.2) is 0 Å². The second kappa shape index (κ2) is 5.95. The number of carbonyl (C=O) groups excluding carboxylic acids is 1. The number of carbonyl (C=O) groups is 1. The molecule has 2 heterocycles. The molecule has 0 saturated heterocycles. The molecule has 1 aromatic carbocycles. The maximum absolute atomic E-state index is 12.6. The Morgan fingerprint density at radius 2 is 2.04 bits per heavy atom. The van der Waals surface area contributed by atoms with Crippen LogP contribution in [0.1, 0.15) is 30.4 Å². The van der Waals surface area contributed by atoms with E-state index in [0.717, 1.165) is 41.4 Å². The van der Waals surface area contributed by atoms with Crippen molar-refractivity contribution in [3.63, 3.8) is 0 Å². The van der Waals surface area contributed by atoms with E-state index in [4.69, 9.17) is 11.6 Å². The predicted octanol–water partition coefficient (Wildman–Crippen LogP) is 3.95. The van der Waals surface area contributed by atoms with Crippen molar-refractivity contribution < 1.29 is 4.79 Å². The quantitative estimate of drug-likeness (QED) is 0.756. The van der Waals surface area contributed by atoms with Gasteiger partial charge in [-0.25, -0.2) is 4.98 Å². The molecule has 1 aliphatic rings. The molecule has 3 aromatic rings. The van der Waals surface area contributed by atoms with E-state index in [-0.39, 0.29) is 11.4 Å². The van der Waals surface area contributed by atoms with Gasteiger partial charge < -0.3 is 10.3 Å². The van der Waals surface area contributed by atoms with Crippen LogP contribution in [-0.4, -0.2) is 15.9 Å². The third-order valence-electron chi connectivity index (χ3n) is 4.87. The zero-order chi connectivity index (χ0) is 16.6. The van der Waals surface area contributed by atoms with Crippen LogP contribution >= 0.6 is 11.6 Å². The fourth-order valence-electron chi connectivity index (χ4n) is 3.43. The summed E-state index contributed by atoms with van der Waals surface area (Å²) in [4.78, 5) is 20.0. The first-order valence-corrected chi connectivity index (χ1v) is 8.52. The van der Waals surface area contributed by atoms with Gasteiger partial charge in [0.2, 0.25) is 5.91 Å². The second-order valence-corrected chi connectivity index (χ2v) is 6.82. The number of aromatic nitrogens is 2. The minimum Gasteiger partial charge on any atom is -0.346 e. The smallest absolute Gasteiger partial charge is 0.225 e. The van der Waals surface area contributed by atoms with Crippen molar-refractivity contribution in [2.24, 2.45) is 0 Å². The van der Waals surface area contributed by atoms with E-state index >= 15 is 0 Å². The molecule has 0 spiro atoms. The summed E-state index contributed by atoms with van der Waals surface area (Å²) >= 11 is 5.98. The van der Waals surface area contributed by atoms with Gasteiger partial charge in [-0.3, -0.25) is 4.79 Å². The van der Waals surface area contributed by atoms with Crippen LogP contribution in [0.15, 0.2) is 48.8 Å². The molecule has 2 aromatic heterocycles. The molecular formula is C19H18ClN3O. The van der Waals surface area contributed by atoms with Crippen LogP contribution in [0, 0.1) is 0 Å². The fourth-order valence-corrected chi connectivity index (χ4v) is 3.55. The highest BCUT2D eigenvalue weighted by Crippen LogP contribution is 2.41. The largest absolute Gasteiger partial charge is 0.346 e. The monoisotopic (exact) mass is 339 g/mol. The molecule has 1 fully saturated rings. The summed E-state index contributed by atoms with van der Waals surface area (Å²) in [5.41, 5.74) is 2.68. The first-order valence-electron chi connectivity index (χ1n) is 8.14. The van der Waals surface area contributed by atoms with Crippen molar-refractivity contribution in [1.29, 1.82) is 0 Å². The van der Waals surface area contributed by atoms with Gasteiger partial charge in [0.1, 0.15) is 5.65 Å². The van der Waals surface area contributed by atoms with Crippen LogP contribution in [0.25, 0.3) is 11.0 Å². The summed E-state index contributed by atoms with van der Waals surface area (Å²) in [5.74, 6) is 0.0365. The summed E-state index contributed by atoms with van der Waals surface area (Å²) in [6, 6.07) is 11.7. The average molecular weight is 340 g/mol. The minimum atomic E-state index is -0.244. The van der Waals surface area contributed by atoms with E-state index in [9.17, 15) is 4.79 Å². The van der Waals surface area contributed by atoms with Crippen molar-refractivity contribution in [3.05, 3.63) is 64.9 Å². The van der Waals surface area contributed by atoms with Crippen LogP contribution in [0.3, 0.4) is 0 Å². The van der Waals surface area contributed by atoms with Crippen LogP contribution < -0.4 is 5.32 Å². The maximum atomic E-state index is 12.6. The van der Waals surface area contributed by atoms with Gasteiger partial charge >= 0.3 is 0 Å². The number of nitrogens with one attached hydrogen (secondary N) is 2. The molecule has 0 aliphatic heterocycles. The number of hydrogen-bond acceptors (Lipinski definition) is 2. The van der Waals surface area contributed by atoms with Gasteiger partial charge in [0.05, 0.1) is 12.0 Å². The molecule has 122 valence electrons. The molecule has 0 atom stereocenters. The standard InChI is InChI=1S/C19H18ClN3O/c20-15-6-4-14(5-7-15)19(8-2-9-19)23-17(24)11-13-12-22-18-16(13)3-1-10-21-18/h1,3-7,10,12H,2,8-9,11H2,(H,21,22)(H,23,24). The van der Waals surface area contributed by atoms with E-state index in [1.807, 2.05) is 42.6 Å². The van der Waals surface area contributed by atoms with E-state index in [0.29, 0.717) is 11.4 Å². The summed E-state index contributed by atoms with van der Waals surface area (Å²) < 4.78 is 0. The number of rotatable bonds is 4. The molecule has 0 bridgehead atoms. The second-order valence-electron chi connectivity index (χ2n) is 6.38. The zero-order valence-corrected chi connectivity index (χ0v) is 13.9. The minimum absolute atomic E-state index is 0.0365. The van der Waals surface area contributed by atoms with Crippen LogP contribution in [0.2, 0.25) is 5.02 Å². The highest BCUT2D eigenvalue weighted by molar-refractivity contribution is 6.30. The van der Waals surface area contributed by atoms with E-state index in [2.05, 4.69) is 15.3 Å². The van der Waals surface area contributed by atoms with Gasteiger partial charge in [0.25, 0.3) is 0 Å². The molecule has 1 amide bonds. The van der Waals surface area contributed by atoms with E-state index in [1.54, 1.807) is 6.20 Å². The molecule has 0 unspecified atom stereocenters. The highest BCUT2D eigenvalue weighted by atomic mass is 35.5. The number of pyridine rings is 1. The number of fused-ring (bicyclic) bond motifs is 1. The van der Waals surface area contributed by atoms with Crippen molar-refractivity contribution >= 4 is 28.5 Å². The molecule has 1 saturated carbocycles. The number of H-pyrrole nitrogens is 1. The number of hydrogen-bond donors (Lipinski definition) is 2. The summed E-state index contributed by atoms with van der Waals surface area (Å²) in [6.45, 7) is 0. The molecule has 1 aliphatic carbocycles. The summed E-state index contributed by atoms with van der Waals surface area (Å²) in [7, 11) is 0. The normalized spacial score (nSPS) is 15.9. The van der Waals surface area contributed by atoms with Crippen LogP contribution in [-0.2, 0) is 16.8 Å². The Balaban J connectivity index is 1.53. The van der Waals surface area contributed by atoms with E-state index < -0.39 is 0 Å². The fraction of sp³-hybridized carbons (Fsp3) is 0.263. The van der Waals surface area contributed by atoms with Crippen molar-refractivity contribution in [2.45, 2.75) is 31.2 Å². The lowest BCUT2D eigenvalue weighted by molar-refractivity contribution is -0.123. The Hall–Kier alpha value is -2.33. The van der Waals surface area contributed by atoms with Gasteiger partial charge in [-0.05, 0) is 54.7 Å². The topological polar surface area (TPSA) is 57.8 Å².